The predicted octanol–water partition coefficient (Wildman–Crippen LogP) is 2.25. The summed E-state index contributed by atoms with van der Waals surface area (Å²) in [4.78, 5) is 12.6. The minimum Gasteiger partial charge on any atom is -0.481 e. The minimum atomic E-state index is -0.690. The Balaban J connectivity index is 0. The predicted molar refractivity (Wildman–Crippen MR) is 74.0 cm³/mol. The van der Waals surface area contributed by atoms with Crippen LogP contribution in [0.2, 0.25) is 0 Å². The molecule has 0 aliphatic carbocycles. The van der Waals surface area contributed by atoms with Gasteiger partial charge in [-0.05, 0) is 45.2 Å². The molecule has 3 N–H and O–H groups in total. The quantitative estimate of drug-likeness (QED) is 0.735. The van der Waals surface area contributed by atoms with Crippen LogP contribution >= 0.6 is 24.8 Å². The molecule has 1 saturated heterocycles. The highest BCUT2D eigenvalue weighted by Gasteiger charge is 2.17. The zero-order valence-corrected chi connectivity index (χ0v) is 11.8. The van der Waals surface area contributed by atoms with E-state index in [0.29, 0.717) is 6.42 Å². The molecule has 6 heteroatoms. The van der Waals surface area contributed by atoms with Crippen molar-refractivity contribution >= 4 is 30.8 Å². The van der Waals surface area contributed by atoms with Gasteiger partial charge in [0, 0.05) is 6.42 Å². The monoisotopic (exact) mass is 286 g/mol. The van der Waals surface area contributed by atoms with Gasteiger partial charge in [-0.3, -0.25) is 9.69 Å². The van der Waals surface area contributed by atoms with Gasteiger partial charge in [-0.15, -0.1) is 24.8 Å². The lowest BCUT2D eigenvalue weighted by Gasteiger charge is -2.32. The highest BCUT2D eigenvalue weighted by molar-refractivity contribution is 5.85. The SMILES string of the molecule is Cl.Cl.N[C@H]1CCCCN1CCCCCC(=O)O. The Morgan fingerprint density at radius 1 is 1.24 bits per heavy atom. The van der Waals surface area contributed by atoms with Crippen LogP contribution in [0.5, 0.6) is 0 Å². The van der Waals surface area contributed by atoms with Gasteiger partial charge in [0.25, 0.3) is 0 Å². The lowest BCUT2D eigenvalue weighted by atomic mass is 10.1. The number of hydrogen-bond acceptors (Lipinski definition) is 3. The number of unbranched alkanes of at least 4 members (excludes halogenated alkanes) is 2. The number of hydrogen-bond donors (Lipinski definition) is 2. The molecule has 17 heavy (non-hydrogen) atoms. The highest BCUT2D eigenvalue weighted by Crippen LogP contribution is 2.14. The fraction of sp³-hybridized carbons (Fsp3) is 0.909. The fourth-order valence-corrected chi connectivity index (χ4v) is 2.06. The number of nitrogens with zero attached hydrogens (tertiary/aromatic N) is 1. The molecule has 0 bridgehead atoms. The van der Waals surface area contributed by atoms with Crippen LogP contribution in [0.1, 0.15) is 44.9 Å². The van der Waals surface area contributed by atoms with Crippen molar-refractivity contribution in [3.05, 3.63) is 0 Å². The van der Waals surface area contributed by atoms with Crippen LogP contribution < -0.4 is 5.73 Å². The molecule has 0 amide bonds. The topological polar surface area (TPSA) is 66.6 Å². The standard InChI is InChI=1S/C11H22N2O2.2ClH/c12-10-6-3-5-9-13(10)8-4-1-2-7-11(14)15;;/h10H,1-9,12H2,(H,14,15);2*1H/t10-;;/m1../s1. The number of piperidine rings is 1. The first-order valence-corrected chi connectivity index (χ1v) is 5.91. The first kappa shape index (κ1) is 19.3. The third-order valence-electron chi connectivity index (χ3n) is 3.00. The van der Waals surface area contributed by atoms with Crippen molar-refractivity contribution in [1.29, 1.82) is 0 Å². The second-order valence-corrected chi connectivity index (χ2v) is 4.30. The molecule has 0 unspecified atom stereocenters. The first-order valence-electron chi connectivity index (χ1n) is 5.91. The maximum absolute atomic E-state index is 10.3. The normalized spacial score (nSPS) is 20.2. The molecule has 4 nitrogen and oxygen atoms in total. The summed E-state index contributed by atoms with van der Waals surface area (Å²) in [5.41, 5.74) is 5.97. The minimum absolute atomic E-state index is 0. The van der Waals surface area contributed by atoms with Gasteiger partial charge in [0.2, 0.25) is 0 Å². The van der Waals surface area contributed by atoms with Gasteiger partial charge < -0.3 is 10.8 Å². The Bertz CT molecular complexity index is 206. The summed E-state index contributed by atoms with van der Waals surface area (Å²) in [5, 5.41) is 8.47. The summed E-state index contributed by atoms with van der Waals surface area (Å²) in [6.07, 6.45) is 6.99. The number of likely N-dealkylation sites (tertiary alicyclic amines) is 1. The Morgan fingerprint density at radius 2 is 1.94 bits per heavy atom. The number of carboxylic acid groups (broad SMARTS) is 1. The lowest BCUT2D eigenvalue weighted by molar-refractivity contribution is -0.137. The molecule has 104 valence electrons. The second kappa shape index (κ2) is 11.1. The van der Waals surface area contributed by atoms with Crippen LogP contribution in [0.15, 0.2) is 0 Å². The summed E-state index contributed by atoms with van der Waals surface area (Å²) in [6, 6.07) is 0. The zero-order valence-electron chi connectivity index (χ0n) is 10.1. The molecule has 1 atom stereocenters. The van der Waals surface area contributed by atoms with E-state index in [-0.39, 0.29) is 31.0 Å². The molecule has 1 aliphatic heterocycles. The maximum atomic E-state index is 10.3. The van der Waals surface area contributed by atoms with Crippen molar-refractivity contribution in [2.24, 2.45) is 5.73 Å². The fourth-order valence-electron chi connectivity index (χ4n) is 2.06. The molecule has 1 fully saturated rings. The molecular weight excluding hydrogens is 263 g/mol. The van der Waals surface area contributed by atoms with Crippen molar-refractivity contribution < 1.29 is 9.90 Å². The van der Waals surface area contributed by atoms with Crippen molar-refractivity contribution in [3.8, 4) is 0 Å². The third kappa shape index (κ3) is 8.66. The third-order valence-corrected chi connectivity index (χ3v) is 3.00. The van der Waals surface area contributed by atoms with Crippen LogP contribution in [0.25, 0.3) is 0 Å². The highest BCUT2D eigenvalue weighted by atomic mass is 35.5. The molecule has 1 aliphatic rings. The number of rotatable bonds is 6. The van der Waals surface area contributed by atoms with Crippen LogP contribution in [0.4, 0.5) is 0 Å². The average Bonchev–Trinajstić information content (AvgIpc) is 2.20. The number of halogens is 2. The van der Waals surface area contributed by atoms with Gasteiger partial charge in [-0.1, -0.05) is 6.42 Å². The molecule has 0 aromatic carbocycles. The van der Waals surface area contributed by atoms with Crippen molar-refractivity contribution in [3.63, 3.8) is 0 Å². The van der Waals surface area contributed by atoms with Gasteiger partial charge >= 0.3 is 5.97 Å². The molecule has 0 radical (unpaired) electrons. The summed E-state index contributed by atoms with van der Waals surface area (Å²) in [5.74, 6) is -0.690. The van der Waals surface area contributed by atoms with Crippen LogP contribution in [-0.4, -0.2) is 35.2 Å². The first-order chi connectivity index (χ1) is 7.20. The van der Waals surface area contributed by atoms with E-state index < -0.39 is 5.97 Å². The van der Waals surface area contributed by atoms with Crippen LogP contribution in [-0.2, 0) is 4.79 Å². The van der Waals surface area contributed by atoms with E-state index in [9.17, 15) is 4.79 Å². The van der Waals surface area contributed by atoms with Crippen molar-refractivity contribution in [1.82, 2.24) is 4.90 Å². The van der Waals surface area contributed by atoms with E-state index in [1.807, 2.05) is 0 Å². The number of carboxylic acids is 1. The van der Waals surface area contributed by atoms with E-state index in [2.05, 4.69) is 4.90 Å². The van der Waals surface area contributed by atoms with Gasteiger partial charge in [-0.25, -0.2) is 0 Å². The molecule has 1 rings (SSSR count). The Morgan fingerprint density at radius 3 is 2.53 bits per heavy atom. The van der Waals surface area contributed by atoms with Crippen molar-refractivity contribution in [2.75, 3.05) is 13.1 Å². The van der Waals surface area contributed by atoms with Gasteiger partial charge in [0.05, 0.1) is 6.17 Å². The number of aliphatic carboxylic acids is 1. The van der Waals surface area contributed by atoms with E-state index >= 15 is 0 Å². The molecule has 0 saturated carbocycles. The smallest absolute Gasteiger partial charge is 0.303 e. The number of carbonyl (C=O) groups is 1. The van der Waals surface area contributed by atoms with Crippen LogP contribution in [0, 0.1) is 0 Å². The van der Waals surface area contributed by atoms with Gasteiger partial charge in [0.15, 0.2) is 0 Å². The lowest BCUT2D eigenvalue weighted by Crippen LogP contribution is -2.45. The molecule has 0 spiro atoms. The van der Waals surface area contributed by atoms with E-state index in [4.69, 9.17) is 10.8 Å². The Hall–Kier alpha value is -0.0300. The maximum Gasteiger partial charge on any atom is 0.303 e. The average molecular weight is 287 g/mol. The summed E-state index contributed by atoms with van der Waals surface area (Å²) in [6.45, 7) is 2.14. The second-order valence-electron chi connectivity index (χ2n) is 4.30. The molecule has 0 aromatic rings. The molecular formula is C11H24Cl2N2O2. The van der Waals surface area contributed by atoms with Crippen LogP contribution in [0.3, 0.4) is 0 Å². The molecule has 1 heterocycles. The van der Waals surface area contributed by atoms with E-state index in [1.165, 1.54) is 12.8 Å². The summed E-state index contributed by atoms with van der Waals surface area (Å²) >= 11 is 0. The summed E-state index contributed by atoms with van der Waals surface area (Å²) in [7, 11) is 0. The van der Waals surface area contributed by atoms with Gasteiger partial charge in [0.1, 0.15) is 0 Å². The molecule has 0 aromatic heterocycles. The van der Waals surface area contributed by atoms with E-state index in [1.54, 1.807) is 0 Å². The van der Waals surface area contributed by atoms with Gasteiger partial charge in [-0.2, -0.15) is 0 Å². The zero-order chi connectivity index (χ0) is 11.1. The van der Waals surface area contributed by atoms with E-state index in [0.717, 1.165) is 38.8 Å². The largest absolute Gasteiger partial charge is 0.481 e. The Labute approximate surface area is 116 Å². The Kier molecular flexibility index (Phi) is 12.6. The van der Waals surface area contributed by atoms with Crippen molar-refractivity contribution in [2.45, 2.75) is 51.1 Å². The number of nitrogens with two attached hydrogens (primary N) is 1. The summed E-state index contributed by atoms with van der Waals surface area (Å²) < 4.78 is 0.